The van der Waals surface area contributed by atoms with Crippen molar-refractivity contribution in [1.29, 1.82) is 0 Å². The van der Waals surface area contributed by atoms with Gasteiger partial charge in [-0.15, -0.1) is 0 Å². The maximum Gasteiger partial charge on any atom is 0.310 e. The fourth-order valence-electron chi connectivity index (χ4n) is 5.21. The first-order valence-electron chi connectivity index (χ1n) is 9.35. The summed E-state index contributed by atoms with van der Waals surface area (Å²) in [5.41, 5.74) is -6.50. The predicted octanol–water partition coefficient (Wildman–Crippen LogP) is 8.05. The van der Waals surface area contributed by atoms with Gasteiger partial charge in [-0.2, -0.15) is 0 Å². The Morgan fingerprint density at radius 2 is 0.759 bits per heavy atom. The molecule has 0 bridgehead atoms. The van der Waals surface area contributed by atoms with E-state index < -0.39 is 63.2 Å². The number of halogens is 8. The van der Waals surface area contributed by atoms with Crippen LogP contribution < -0.4 is 0 Å². The molecule has 2 atom stereocenters. The van der Waals surface area contributed by atoms with Gasteiger partial charge >= 0.3 is 24.7 Å². The molecule has 0 aliphatic rings. The van der Waals surface area contributed by atoms with Crippen LogP contribution in [0, 0.1) is 10.8 Å². The van der Waals surface area contributed by atoms with Gasteiger partial charge in [-0.3, -0.25) is 0 Å². The van der Waals surface area contributed by atoms with E-state index in [2.05, 4.69) is 0 Å². The smallest absolute Gasteiger partial charge is 0.310 e. The first kappa shape index (κ1) is 28.8. The molecule has 0 radical (unpaired) electrons. The average Bonchev–Trinajstić information content (AvgIpc) is 2.29. The van der Waals surface area contributed by atoms with Crippen LogP contribution in [0.1, 0.15) is 41.5 Å². The summed E-state index contributed by atoms with van der Waals surface area (Å²) < 4.78 is 117. The van der Waals surface area contributed by atoms with Gasteiger partial charge in [0.15, 0.2) is 16.6 Å². The molecule has 0 aliphatic heterocycles. The summed E-state index contributed by atoms with van der Waals surface area (Å²) in [6, 6.07) is 0. The van der Waals surface area contributed by atoms with Crippen LogP contribution in [0.3, 0.4) is 0 Å². The lowest BCUT2D eigenvalue weighted by atomic mass is 9.87. The highest BCUT2D eigenvalue weighted by molar-refractivity contribution is 6.86. The van der Waals surface area contributed by atoms with Crippen molar-refractivity contribution in [3.63, 3.8) is 0 Å². The Kier molecular flexibility index (Phi) is 8.36. The van der Waals surface area contributed by atoms with Crippen LogP contribution in [0.2, 0.25) is 37.3 Å². The van der Waals surface area contributed by atoms with E-state index in [0.717, 1.165) is 0 Å². The van der Waals surface area contributed by atoms with E-state index in [1.165, 1.54) is 67.7 Å². The van der Waals surface area contributed by atoms with Gasteiger partial charge in [-0.05, 0) is 37.0 Å². The lowest BCUT2D eigenvalue weighted by Gasteiger charge is -2.51. The first-order valence-corrected chi connectivity index (χ1v) is 15.3. The van der Waals surface area contributed by atoms with Crippen molar-refractivity contribution in [2.24, 2.45) is 10.8 Å². The maximum absolute atomic E-state index is 14.5. The second kappa shape index (κ2) is 8.40. The van der Waals surface area contributed by atoms with Crippen molar-refractivity contribution < 1.29 is 39.2 Å². The molecule has 11 heteroatoms. The standard InChI is InChI=1S/C18H34F8OSi2/c1-15(2,3)11(17(23,24)13(19)20)28(7,8)27-29(9,10)12(16(4,5)6)18(25,26)14(21)22/h11-14H,1-10H3. The Morgan fingerprint density at radius 3 is 0.897 bits per heavy atom. The summed E-state index contributed by atoms with van der Waals surface area (Å²) in [5, 5.41) is 0. The molecule has 0 spiro atoms. The third kappa shape index (κ3) is 6.41. The lowest BCUT2D eigenvalue weighted by molar-refractivity contribution is -0.153. The van der Waals surface area contributed by atoms with Crippen LogP contribution in [0.25, 0.3) is 0 Å². The minimum atomic E-state index is -4.42. The first-order chi connectivity index (χ1) is 12.3. The molecule has 2 unspecified atom stereocenters. The third-order valence-electron chi connectivity index (χ3n) is 5.00. The number of alkyl halides is 8. The van der Waals surface area contributed by atoms with Crippen LogP contribution in [-0.2, 0) is 4.12 Å². The highest BCUT2D eigenvalue weighted by atomic mass is 28.4. The monoisotopic (exact) mass is 474 g/mol. The predicted molar refractivity (Wildman–Crippen MR) is 104 cm³/mol. The van der Waals surface area contributed by atoms with Gasteiger partial charge in [0, 0.05) is 0 Å². The Hall–Kier alpha value is -0.166. The van der Waals surface area contributed by atoms with Gasteiger partial charge < -0.3 is 4.12 Å². The molecular weight excluding hydrogens is 440 g/mol. The van der Waals surface area contributed by atoms with Crippen molar-refractivity contribution in [2.75, 3.05) is 0 Å². The highest BCUT2D eigenvalue weighted by Gasteiger charge is 2.65. The zero-order chi connectivity index (χ0) is 24.0. The molecule has 0 aromatic carbocycles. The zero-order valence-corrected chi connectivity index (χ0v) is 20.7. The van der Waals surface area contributed by atoms with E-state index in [4.69, 9.17) is 4.12 Å². The average molecular weight is 475 g/mol. The van der Waals surface area contributed by atoms with E-state index in [1.807, 2.05) is 0 Å². The molecule has 29 heavy (non-hydrogen) atoms. The van der Waals surface area contributed by atoms with Gasteiger partial charge in [0.05, 0.1) is 11.1 Å². The topological polar surface area (TPSA) is 9.23 Å². The molecule has 0 aromatic rings. The Bertz CT molecular complexity index is 503. The molecule has 0 heterocycles. The molecule has 0 aromatic heterocycles. The van der Waals surface area contributed by atoms with Crippen molar-refractivity contribution in [2.45, 2.75) is 104 Å². The van der Waals surface area contributed by atoms with Gasteiger partial charge in [-0.1, -0.05) is 41.5 Å². The van der Waals surface area contributed by atoms with Crippen LogP contribution in [0.15, 0.2) is 0 Å². The Morgan fingerprint density at radius 1 is 0.552 bits per heavy atom. The minimum absolute atomic E-state index is 1.27. The Labute approximate surface area is 170 Å². The van der Waals surface area contributed by atoms with Crippen LogP contribution in [-0.4, -0.2) is 41.3 Å². The SMILES string of the molecule is CC(C)(C)C(C(F)(F)C(F)F)[Si](C)(C)O[Si](C)(C)C(C(C)(C)C)C(F)(F)C(F)F. The Balaban J connectivity index is 6.45. The van der Waals surface area contributed by atoms with Crippen molar-refractivity contribution in [1.82, 2.24) is 0 Å². The summed E-state index contributed by atoms with van der Waals surface area (Å²) in [4.78, 5) is 0. The molecule has 0 rings (SSSR count). The second-order valence-corrected chi connectivity index (χ2v) is 19.2. The summed E-state index contributed by atoms with van der Waals surface area (Å²) >= 11 is 0. The minimum Gasteiger partial charge on any atom is -0.455 e. The fourth-order valence-corrected chi connectivity index (χ4v) is 17.9. The van der Waals surface area contributed by atoms with Crippen LogP contribution >= 0.6 is 0 Å². The van der Waals surface area contributed by atoms with E-state index in [0.29, 0.717) is 0 Å². The maximum atomic E-state index is 14.5. The lowest BCUT2D eigenvalue weighted by Crippen LogP contribution is -2.62. The molecule has 0 amide bonds. The summed E-state index contributed by atoms with van der Waals surface area (Å²) in [6.07, 6.45) is -7.93. The molecule has 0 saturated carbocycles. The molecule has 0 N–H and O–H groups in total. The number of hydrogen-bond donors (Lipinski definition) is 0. The van der Waals surface area contributed by atoms with Gasteiger partial charge in [0.2, 0.25) is 0 Å². The molecule has 1 nitrogen and oxygen atoms in total. The molecule has 0 aliphatic carbocycles. The fraction of sp³-hybridized carbons (Fsp3) is 1.00. The normalized spacial score (nSPS) is 17.8. The molecule has 176 valence electrons. The molecular formula is C18H34F8OSi2. The van der Waals surface area contributed by atoms with Crippen molar-refractivity contribution in [3.05, 3.63) is 0 Å². The van der Waals surface area contributed by atoms with E-state index in [1.54, 1.807) is 0 Å². The van der Waals surface area contributed by atoms with E-state index in [-0.39, 0.29) is 0 Å². The van der Waals surface area contributed by atoms with Crippen molar-refractivity contribution in [3.8, 4) is 0 Å². The van der Waals surface area contributed by atoms with Crippen molar-refractivity contribution >= 4 is 16.6 Å². The molecule has 0 saturated heterocycles. The van der Waals surface area contributed by atoms with Gasteiger partial charge in [0.1, 0.15) is 0 Å². The van der Waals surface area contributed by atoms with E-state index >= 15 is 0 Å². The van der Waals surface area contributed by atoms with Crippen LogP contribution in [0.4, 0.5) is 35.1 Å². The highest BCUT2D eigenvalue weighted by Crippen LogP contribution is 2.57. The third-order valence-corrected chi connectivity index (χ3v) is 14.5. The summed E-state index contributed by atoms with van der Waals surface area (Å²) in [5.74, 6) is -8.83. The molecule has 0 fully saturated rings. The summed E-state index contributed by atoms with van der Waals surface area (Å²) in [7, 11) is -7.61. The van der Waals surface area contributed by atoms with Gasteiger partial charge in [-0.25, -0.2) is 35.1 Å². The van der Waals surface area contributed by atoms with E-state index in [9.17, 15) is 35.1 Å². The van der Waals surface area contributed by atoms with Crippen LogP contribution in [0.5, 0.6) is 0 Å². The second-order valence-electron chi connectivity index (χ2n) is 10.9. The van der Waals surface area contributed by atoms with Gasteiger partial charge in [0.25, 0.3) is 0 Å². The quantitative estimate of drug-likeness (QED) is 0.255. The number of hydrogen-bond acceptors (Lipinski definition) is 1. The number of rotatable bonds is 8. The largest absolute Gasteiger partial charge is 0.455 e. The summed E-state index contributed by atoms with van der Waals surface area (Å²) in [6.45, 7) is 13.2. The zero-order valence-electron chi connectivity index (χ0n) is 18.7.